The highest BCUT2D eigenvalue weighted by Crippen LogP contribution is 2.25. The van der Waals surface area contributed by atoms with E-state index in [4.69, 9.17) is 0 Å². The first-order chi connectivity index (χ1) is 15.1. The van der Waals surface area contributed by atoms with Crippen LogP contribution in [-0.2, 0) is 16.1 Å². The van der Waals surface area contributed by atoms with Crippen molar-refractivity contribution in [3.05, 3.63) is 47.0 Å². The topological polar surface area (TPSA) is 69.7 Å². The smallest absolute Gasteiger partial charge is 0.312 e. The van der Waals surface area contributed by atoms with E-state index in [-0.39, 0.29) is 17.9 Å². The molecule has 1 N–H and O–H groups in total. The van der Waals surface area contributed by atoms with Crippen LogP contribution in [0.4, 0.5) is 0 Å². The summed E-state index contributed by atoms with van der Waals surface area (Å²) in [5.74, 6) is -0.835. The molecule has 1 aliphatic heterocycles. The first kappa shape index (κ1) is 21.6. The molecule has 4 rings (SSSR count). The lowest BCUT2D eigenvalue weighted by atomic mass is 9.97. The van der Waals surface area contributed by atoms with Gasteiger partial charge >= 0.3 is 11.8 Å². The van der Waals surface area contributed by atoms with Crippen molar-refractivity contribution < 1.29 is 14.4 Å². The molecule has 1 aromatic rings. The Morgan fingerprint density at radius 3 is 2.45 bits per heavy atom. The highest BCUT2D eigenvalue weighted by atomic mass is 16.2. The van der Waals surface area contributed by atoms with Gasteiger partial charge in [0.05, 0.1) is 0 Å². The van der Waals surface area contributed by atoms with E-state index in [2.05, 4.69) is 11.4 Å². The van der Waals surface area contributed by atoms with E-state index in [1.54, 1.807) is 21.9 Å². The predicted octanol–water partition coefficient (Wildman–Crippen LogP) is 3.42. The van der Waals surface area contributed by atoms with Crippen molar-refractivity contribution in [2.45, 2.75) is 70.4 Å². The summed E-state index contributed by atoms with van der Waals surface area (Å²) < 4.78 is 0. The van der Waals surface area contributed by atoms with Crippen LogP contribution in [0.3, 0.4) is 0 Å². The zero-order chi connectivity index (χ0) is 21.6. The van der Waals surface area contributed by atoms with Crippen LogP contribution < -0.4 is 5.32 Å². The molecule has 0 aromatic heterocycles. The van der Waals surface area contributed by atoms with Gasteiger partial charge in [0.1, 0.15) is 0 Å². The van der Waals surface area contributed by atoms with Crippen molar-refractivity contribution in [1.29, 1.82) is 0 Å². The molecular formula is C25H33N3O3. The summed E-state index contributed by atoms with van der Waals surface area (Å²) in [6.45, 7) is 2.25. The van der Waals surface area contributed by atoms with E-state index >= 15 is 0 Å². The van der Waals surface area contributed by atoms with E-state index in [0.717, 1.165) is 50.5 Å². The molecule has 2 aliphatic carbocycles. The normalized spacial score (nSPS) is 20.2. The number of benzene rings is 1. The van der Waals surface area contributed by atoms with E-state index in [1.807, 2.05) is 12.1 Å². The van der Waals surface area contributed by atoms with Gasteiger partial charge in [0.15, 0.2) is 0 Å². The molecule has 6 nitrogen and oxygen atoms in total. The maximum atomic E-state index is 12.6. The Morgan fingerprint density at radius 1 is 0.968 bits per heavy atom. The maximum absolute atomic E-state index is 12.6. The molecule has 31 heavy (non-hydrogen) atoms. The zero-order valence-electron chi connectivity index (χ0n) is 18.3. The van der Waals surface area contributed by atoms with Crippen molar-refractivity contribution in [3.63, 3.8) is 0 Å². The molecule has 1 aromatic carbocycles. The quantitative estimate of drug-likeness (QED) is 0.540. The van der Waals surface area contributed by atoms with Crippen LogP contribution in [0.1, 0.15) is 73.7 Å². The van der Waals surface area contributed by atoms with Gasteiger partial charge in [0.25, 0.3) is 5.91 Å². The summed E-state index contributed by atoms with van der Waals surface area (Å²) in [6, 6.07) is 7.59. The molecule has 6 heteroatoms. The first-order valence-corrected chi connectivity index (χ1v) is 11.8. The Hall–Kier alpha value is -2.63. The van der Waals surface area contributed by atoms with Gasteiger partial charge in [-0.25, -0.2) is 0 Å². The molecule has 166 valence electrons. The lowest BCUT2D eigenvalue weighted by Crippen LogP contribution is -2.56. The largest absolute Gasteiger partial charge is 0.352 e. The standard InChI is InChI=1S/C25H33N3O3/c29-23(26-15-14-19-6-2-1-3-7-19)21-12-10-20(11-13-21)18-27-16-17-28(25(31)24(27)30)22-8-4-5-9-22/h6,10-13,22H,1-5,7-9,14-18H2,(H,26,29). The monoisotopic (exact) mass is 423 g/mol. The van der Waals surface area contributed by atoms with Crippen LogP contribution in [0.25, 0.3) is 0 Å². The number of nitrogens with one attached hydrogen (secondary N) is 1. The molecule has 2 fully saturated rings. The van der Waals surface area contributed by atoms with Crippen molar-refractivity contribution in [3.8, 4) is 0 Å². The van der Waals surface area contributed by atoms with E-state index in [9.17, 15) is 14.4 Å². The van der Waals surface area contributed by atoms with Gasteiger partial charge in [0.2, 0.25) is 0 Å². The Morgan fingerprint density at radius 2 is 1.74 bits per heavy atom. The zero-order valence-corrected chi connectivity index (χ0v) is 18.3. The van der Waals surface area contributed by atoms with Gasteiger partial charge < -0.3 is 15.1 Å². The van der Waals surface area contributed by atoms with Gasteiger partial charge in [-0.2, -0.15) is 0 Å². The molecule has 0 radical (unpaired) electrons. The number of carbonyl (C=O) groups excluding carboxylic acids is 3. The van der Waals surface area contributed by atoms with Crippen LogP contribution in [-0.4, -0.2) is 53.2 Å². The van der Waals surface area contributed by atoms with E-state index in [0.29, 0.717) is 31.7 Å². The number of allylic oxidation sites excluding steroid dienone is 1. The Bertz CT molecular complexity index is 840. The Balaban J connectivity index is 1.26. The minimum atomic E-state index is -0.406. The second-order valence-corrected chi connectivity index (χ2v) is 8.97. The Labute approximate surface area is 184 Å². The molecule has 1 saturated heterocycles. The van der Waals surface area contributed by atoms with Crippen molar-refractivity contribution in [2.24, 2.45) is 0 Å². The first-order valence-electron chi connectivity index (χ1n) is 11.8. The number of amides is 3. The minimum absolute atomic E-state index is 0.0700. The van der Waals surface area contributed by atoms with Gasteiger partial charge in [0, 0.05) is 37.8 Å². The fourth-order valence-electron chi connectivity index (χ4n) is 4.96. The Kier molecular flexibility index (Phi) is 7.05. The summed E-state index contributed by atoms with van der Waals surface area (Å²) in [5.41, 5.74) is 3.00. The van der Waals surface area contributed by atoms with Crippen molar-refractivity contribution >= 4 is 17.7 Å². The highest BCUT2D eigenvalue weighted by Gasteiger charge is 2.37. The van der Waals surface area contributed by atoms with Crippen LogP contribution in [0.5, 0.6) is 0 Å². The van der Waals surface area contributed by atoms with Crippen LogP contribution in [0.2, 0.25) is 0 Å². The molecule has 3 amide bonds. The molecule has 0 spiro atoms. The third-order valence-corrected chi connectivity index (χ3v) is 6.81. The highest BCUT2D eigenvalue weighted by molar-refractivity contribution is 6.35. The number of hydrogen-bond acceptors (Lipinski definition) is 3. The minimum Gasteiger partial charge on any atom is -0.352 e. The lowest BCUT2D eigenvalue weighted by molar-refractivity contribution is -0.158. The van der Waals surface area contributed by atoms with Gasteiger partial charge in [-0.15, -0.1) is 0 Å². The summed E-state index contributed by atoms with van der Waals surface area (Å²) in [5, 5.41) is 3.00. The molecule has 3 aliphatic rings. The lowest BCUT2D eigenvalue weighted by Gasteiger charge is -2.37. The van der Waals surface area contributed by atoms with Crippen LogP contribution in [0.15, 0.2) is 35.9 Å². The molecular weight excluding hydrogens is 390 g/mol. The summed E-state index contributed by atoms with van der Waals surface area (Å²) in [4.78, 5) is 40.9. The second-order valence-electron chi connectivity index (χ2n) is 8.97. The number of rotatable bonds is 7. The molecule has 0 atom stereocenters. The summed E-state index contributed by atoms with van der Waals surface area (Å²) in [7, 11) is 0. The average molecular weight is 424 g/mol. The third-order valence-electron chi connectivity index (χ3n) is 6.81. The number of nitrogens with zero attached hydrogens (tertiary/aromatic N) is 2. The number of piperazine rings is 1. The van der Waals surface area contributed by atoms with E-state index < -0.39 is 5.91 Å². The molecule has 1 heterocycles. The van der Waals surface area contributed by atoms with Gasteiger partial charge in [-0.3, -0.25) is 14.4 Å². The van der Waals surface area contributed by atoms with Gasteiger partial charge in [-0.1, -0.05) is 36.6 Å². The number of hydrogen-bond donors (Lipinski definition) is 1. The third kappa shape index (κ3) is 5.35. The van der Waals surface area contributed by atoms with E-state index in [1.165, 1.54) is 18.4 Å². The van der Waals surface area contributed by atoms with Crippen molar-refractivity contribution in [1.82, 2.24) is 15.1 Å². The predicted molar refractivity (Wildman–Crippen MR) is 119 cm³/mol. The summed E-state index contributed by atoms with van der Waals surface area (Å²) in [6.07, 6.45) is 12.4. The SMILES string of the molecule is O=C(NCCC1=CCCCC1)c1ccc(CN2CCN(C3CCCC3)C(=O)C2=O)cc1. The fourth-order valence-corrected chi connectivity index (χ4v) is 4.96. The molecule has 0 bridgehead atoms. The fraction of sp³-hybridized carbons (Fsp3) is 0.560. The van der Waals surface area contributed by atoms with Crippen LogP contribution >= 0.6 is 0 Å². The maximum Gasteiger partial charge on any atom is 0.312 e. The molecule has 1 saturated carbocycles. The molecule has 0 unspecified atom stereocenters. The number of carbonyl (C=O) groups is 3. The van der Waals surface area contributed by atoms with Crippen molar-refractivity contribution in [2.75, 3.05) is 19.6 Å². The van der Waals surface area contributed by atoms with Gasteiger partial charge in [-0.05, 0) is 62.6 Å². The van der Waals surface area contributed by atoms with Crippen LogP contribution in [0, 0.1) is 0 Å². The average Bonchev–Trinajstić information content (AvgIpc) is 3.33. The second kappa shape index (κ2) is 10.1. The summed E-state index contributed by atoms with van der Waals surface area (Å²) >= 11 is 0.